The fourth-order valence-electron chi connectivity index (χ4n) is 2.25. The number of hydrogen-bond acceptors (Lipinski definition) is 0. The summed E-state index contributed by atoms with van der Waals surface area (Å²) in [6.45, 7) is 4.54. The van der Waals surface area contributed by atoms with E-state index in [1.54, 1.807) is 0 Å². The number of aromatic nitrogens is 2. The third-order valence-electron chi connectivity index (χ3n) is 3.59. The summed E-state index contributed by atoms with van der Waals surface area (Å²) in [6.07, 6.45) is 10.9. The van der Waals surface area contributed by atoms with Gasteiger partial charge in [0.05, 0.1) is 8.95 Å². The van der Waals surface area contributed by atoms with Crippen LogP contribution in [-0.4, -0.2) is 0 Å². The number of rotatable bonds is 5. The summed E-state index contributed by atoms with van der Waals surface area (Å²) in [7, 11) is 0. The van der Waals surface area contributed by atoms with Gasteiger partial charge in [0.25, 0.3) is 0 Å². The Labute approximate surface area is 160 Å². The molecule has 2 aromatic heterocycles. The molecule has 0 fully saturated rings. The number of hydrogen-bond donors (Lipinski definition) is 0. The van der Waals surface area contributed by atoms with Crippen molar-refractivity contribution in [2.75, 3.05) is 0 Å². The first-order valence-corrected chi connectivity index (χ1v) is 8.47. The third-order valence-corrected chi connectivity index (χ3v) is 4.53. The minimum atomic E-state index is 0. The quantitative estimate of drug-likeness (QED) is 0.411. The highest BCUT2D eigenvalue weighted by Crippen LogP contribution is 2.14. The van der Waals surface area contributed by atoms with Gasteiger partial charge in [-0.05, 0) is 57.8 Å². The second-order valence-electron chi connectivity index (χ2n) is 5.21. The van der Waals surface area contributed by atoms with Gasteiger partial charge in [0.15, 0.2) is 36.9 Å². The summed E-state index contributed by atoms with van der Waals surface area (Å²) in [5.41, 5.74) is 0. The topological polar surface area (TPSA) is 7.76 Å². The van der Waals surface area contributed by atoms with E-state index in [-0.39, 0.29) is 24.0 Å². The minimum absolute atomic E-state index is 0. The summed E-state index contributed by atoms with van der Waals surface area (Å²) in [6, 6.07) is 9.28. The molecule has 0 aliphatic rings. The molecule has 2 nitrogen and oxygen atoms in total. The van der Waals surface area contributed by atoms with Gasteiger partial charge in [0.2, 0.25) is 0 Å². The largest absolute Gasteiger partial charge is 1.00 e. The lowest BCUT2D eigenvalue weighted by atomic mass is 10.1. The Balaban J connectivity index is 0.00000220. The summed E-state index contributed by atoms with van der Waals surface area (Å²) in [5.74, 6) is 0. The fraction of sp³-hybridized carbons (Fsp3) is 0.375. The van der Waals surface area contributed by atoms with Gasteiger partial charge in [-0.15, -0.1) is 0 Å². The van der Waals surface area contributed by atoms with Crippen molar-refractivity contribution in [1.29, 1.82) is 0 Å². The first-order chi connectivity index (χ1) is 9.56. The first kappa shape index (κ1) is 19.0. The number of nitrogens with zero attached hydrogens (tertiary/aromatic N) is 2. The molecule has 2 atom stereocenters. The molecule has 0 bridgehead atoms. The summed E-state index contributed by atoms with van der Waals surface area (Å²) in [5, 5.41) is 0. The van der Waals surface area contributed by atoms with Crippen LogP contribution in [0.3, 0.4) is 0 Å². The molecule has 2 aromatic rings. The lowest BCUT2D eigenvalue weighted by Crippen LogP contribution is -3.00. The molecule has 0 N–H and O–H groups in total. The Bertz CT molecular complexity index is 526. The van der Waals surface area contributed by atoms with Crippen LogP contribution in [0.25, 0.3) is 0 Å². The van der Waals surface area contributed by atoms with Gasteiger partial charge in [0.1, 0.15) is 0 Å². The molecule has 0 saturated heterocycles. The van der Waals surface area contributed by atoms with Gasteiger partial charge in [-0.25, -0.2) is 9.13 Å². The smallest absolute Gasteiger partial charge is 0.183 e. The van der Waals surface area contributed by atoms with Gasteiger partial charge < -0.3 is 24.0 Å². The van der Waals surface area contributed by atoms with Crippen LogP contribution in [0.2, 0.25) is 0 Å². The molecule has 5 heteroatoms. The predicted octanol–water partition coefficient (Wildman–Crippen LogP) is 1.39. The summed E-state index contributed by atoms with van der Waals surface area (Å²) >= 11 is 7.05. The van der Waals surface area contributed by atoms with Crippen molar-refractivity contribution in [3.63, 3.8) is 0 Å². The van der Waals surface area contributed by atoms with E-state index in [0.717, 1.165) is 21.8 Å². The van der Waals surface area contributed by atoms with Crippen LogP contribution in [0, 0.1) is 0 Å². The van der Waals surface area contributed by atoms with E-state index in [1.165, 1.54) is 0 Å². The number of pyridine rings is 2. The molecule has 0 radical (unpaired) electrons. The van der Waals surface area contributed by atoms with E-state index >= 15 is 0 Å². The van der Waals surface area contributed by atoms with Crippen molar-refractivity contribution in [3.05, 3.63) is 58.0 Å². The Morgan fingerprint density at radius 1 is 0.857 bits per heavy atom. The Hall–Kier alpha value is -0.0100. The minimum Gasteiger partial charge on any atom is -1.00 e. The zero-order valence-electron chi connectivity index (χ0n) is 12.2. The Morgan fingerprint density at radius 2 is 1.24 bits per heavy atom. The van der Waals surface area contributed by atoms with E-state index in [0.29, 0.717) is 12.1 Å². The van der Waals surface area contributed by atoms with Gasteiger partial charge >= 0.3 is 0 Å². The van der Waals surface area contributed by atoms with E-state index in [2.05, 4.69) is 104 Å². The van der Waals surface area contributed by atoms with Crippen LogP contribution in [-0.2, 0) is 0 Å². The maximum atomic E-state index is 3.52. The van der Waals surface area contributed by atoms with E-state index in [4.69, 9.17) is 0 Å². The zero-order chi connectivity index (χ0) is 14.5. The van der Waals surface area contributed by atoms with Crippen LogP contribution >= 0.6 is 31.9 Å². The Morgan fingerprint density at radius 3 is 1.57 bits per heavy atom. The lowest BCUT2D eigenvalue weighted by molar-refractivity contribution is -0.732. The molecular formula is C16H20Br2IN2+. The van der Waals surface area contributed by atoms with E-state index in [9.17, 15) is 0 Å². The number of halogens is 3. The van der Waals surface area contributed by atoms with Crippen LogP contribution in [0.4, 0.5) is 0 Å². The van der Waals surface area contributed by atoms with Crippen molar-refractivity contribution in [2.45, 2.75) is 38.8 Å². The molecule has 2 heterocycles. The molecule has 0 aliphatic heterocycles. The van der Waals surface area contributed by atoms with Crippen LogP contribution in [0.5, 0.6) is 0 Å². The maximum absolute atomic E-state index is 3.52. The van der Waals surface area contributed by atoms with Gasteiger partial charge in [-0.1, -0.05) is 0 Å². The highest BCUT2D eigenvalue weighted by Gasteiger charge is 2.18. The van der Waals surface area contributed by atoms with Crippen molar-refractivity contribution in [3.8, 4) is 0 Å². The molecule has 0 amide bonds. The molecule has 114 valence electrons. The normalized spacial score (nSPS) is 13.3. The van der Waals surface area contributed by atoms with Gasteiger partial charge in [-0.2, -0.15) is 0 Å². The lowest BCUT2D eigenvalue weighted by Gasteiger charge is -2.10. The molecule has 0 aromatic carbocycles. The average Bonchev–Trinajstić information content (AvgIpc) is 2.44. The Kier molecular flexibility index (Phi) is 8.34. The first-order valence-electron chi connectivity index (χ1n) is 6.89. The van der Waals surface area contributed by atoms with Crippen molar-refractivity contribution < 1.29 is 33.1 Å². The predicted molar refractivity (Wildman–Crippen MR) is 87.3 cm³/mol. The average molecular weight is 527 g/mol. The van der Waals surface area contributed by atoms with E-state index < -0.39 is 0 Å². The highest BCUT2D eigenvalue weighted by atomic mass is 127. The molecule has 2 rings (SSSR count). The molecule has 0 spiro atoms. The van der Waals surface area contributed by atoms with Crippen LogP contribution < -0.4 is 33.1 Å². The second-order valence-corrected chi connectivity index (χ2v) is 7.05. The van der Waals surface area contributed by atoms with Gasteiger partial charge in [0, 0.05) is 25.0 Å². The maximum Gasteiger partial charge on any atom is 0.183 e. The van der Waals surface area contributed by atoms with Gasteiger partial charge in [-0.3, -0.25) is 0 Å². The van der Waals surface area contributed by atoms with Crippen LogP contribution in [0.15, 0.2) is 58.0 Å². The second kappa shape index (κ2) is 9.20. The molecular weight excluding hydrogens is 507 g/mol. The molecule has 21 heavy (non-hydrogen) atoms. The summed E-state index contributed by atoms with van der Waals surface area (Å²) < 4.78 is 6.78. The molecule has 2 unspecified atom stereocenters. The molecule has 0 saturated carbocycles. The van der Waals surface area contributed by atoms with E-state index in [1.807, 2.05) is 0 Å². The third kappa shape index (κ3) is 5.94. The van der Waals surface area contributed by atoms with Crippen molar-refractivity contribution >= 4 is 31.9 Å². The SMILES string of the molecule is CC(CCC(C)[n+]1cccc(Br)c1)[n+]1cccc(Br)c1.[I-]. The zero-order valence-corrected chi connectivity index (χ0v) is 17.5. The van der Waals surface area contributed by atoms with Crippen LogP contribution in [0.1, 0.15) is 38.8 Å². The highest BCUT2D eigenvalue weighted by molar-refractivity contribution is 9.10. The standard InChI is InChI=1S/C16H20Br2N2.HI/c1-13(19-9-3-5-15(17)11-19)7-8-14(2)20-10-4-6-16(18)12-20;/h3-6,9-14H,7-8H2,1-2H3;1H/q+2;/p-1. The molecule has 0 aliphatic carbocycles. The monoisotopic (exact) mass is 525 g/mol. The van der Waals surface area contributed by atoms with Crippen molar-refractivity contribution in [1.82, 2.24) is 0 Å². The summed E-state index contributed by atoms with van der Waals surface area (Å²) in [4.78, 5) is 0. The fourth-order valence-corrected chi connectivity index (χ4v) is 3.03. The van der Waals surface area contributed by atoms with Crippen molar-refractivity contribution in [2.24, 2.45) is 0 Å².